The van der Waals surface area contributed by atoms with Gasteiger partial charge in [-0.05, 0) is 42.3 Å². The molecule has 0 N–H and O–H groups in total. The van der Waals surface area contributed by atoms with Crippen molar-refractivity contribution in [1.82, 2.24) is 0 Å². The largest absolute Gasteiger partial charge is 0.413 e. The van der Waals surface area contributed by atoms with Crippen molar-refractivity contribution >= 4 is 36.4 Å². The van der Waals surface area contributed by atoms with Crippen LogP contribution in [-0.4, -0.2) is 20.9 Å². The second-order valence-corrected chi connectivity index (χ2v) is 12.0. The molecule has 0 aromatic heterocycles. The van der Waals surface area contributed by atoms with Crippen molar-refractivity contribution in [2.45, 2.75) is 46.4 Å². The van der Waals surface area contributed by atoms with Crippen molar-refractivity contribution in [3.63, 3.8) is 0 Å². The van der Waals surface area contributed by atoms with E-state index in [1.807, 2.05) is 12.1 Å². The van der Waals surface area contributed by atoms with E-state index < -0.39 is 9.04 Å². The van der Waals surface area contributed by atoms with Crippen LogP contribution in [0.25, 0.3) is 0 Å². The highest BCUT2D eigenvalue weighted by molar-refractivity contribution is 9.10. The van der Waals surface area contributed by atoms with Gasteiger partial charge in [-0.25, -0.2) is 4.99 Å². The number of nitrogens with zero attached hydrogens (tertiary/aromatic N) is 1. The summed E-state index contributed by atoms with van der Waals surface area (Å²) in [6.45, 7) is 11.2. The number of rotatable bonds is 7. The van der Waals surface area contributed by atoms with Gasteiger partial charge < -0.3 is 4.43 Å². The number of benzene rings is 3. The topological polar surface area (TPSA) is 21.6 Å². The molecule has 0 spiro atoms. The number of aliphatic imine (C=N–C) groups is 1. The van der Waals surface area contributed by atoms with Crippen molar-refractivity contribution in [1.29, 1.82) is 0 Å². The van der Waals surface area contributed by atoms with E-state index in [4.69, 9.17) is 9.42 Å². The van der Waals surface area contributed by atoms with Crippen molar-refractivity contribution < 1.29 is 4.43 Å². The lowest BCUT2D eigenvalue weighted by molar-refractivity contribution is 0.0868. The van der Waals surface area contributed by atoms with Gasteiger partial charge in [0.25, 0.3) is 0 Å². The molecule has 1 radical (unpaired) electrons. The normalized spacial score (nSPS) is 12.6. The summed E-state index contributed by atoms with van der Waals surface area (Å²) in [6, 6.07) is 27.2. The van der Waals surface area contributed by atoms with Gasteiger partial charge in [0, 0.05) is 22.0 Å². The third-order valence-electron chi connectivity index (χ3n) is 5.12. The van der Waals surface area contributed by atoms with Gasteiger partial charge in [0.2, 0.25) is 9.04 Å². The Morgan fingerprint density at radius 2 is 1.45 bits per heavy atom. The monoisotopic (exact) mass is 492 g/mol. The van der Waals surface area contributed by atoms with Crippen molar-refractivity contribution in [3.05, 3.63) is 100 Å². The van der Waals surface area contributed by atoms with E-state index in [0.717, 1.165) is 33.4 Å². The highest BCUT2D eigenvalue weighted by atomic mass is 79.9. The van der Waals surface area contributed by atoms with Gasteiger partial charge in [0.15, 0.2) is 0 Å². The fraction of sp³-hybridized carbons (Fsp3) is 0.296. The average Bonchev–Trinajstić information content (AvgIpc) is 2.73. The highest BCUT2D eigenvalue weighted by Gasteiger charge is 2.27. The summed E-state index contributed by atoms with van der Waals surface area (Å²) < 4.78 is 7.49. The molecule has 0 fully saturated rings. The number of hydrogen-bond donors (Lipinski definition) is 0. The zero-order valence-electron chi connectivity index (χ0n) is 19.0. The highest BCUT2D eigenvalue weighted by Crippen LogP contribution is 2.32. The summed E-state index contributed by atoms with van der Waals surface area (Å²) in [5.74, 6) is 0. The molecule has 0 heterocycles. The second kappa shape index (κ2) is 10.5. The molecule has 3 aromatic rings. The lowest BCUT2D eigenvalue weighted by atomic mass is 9.85. The first-order valence-corrected chi connectivity index (χ1v) is 13.9. The minimum absolute atomic E-state index is 0.0485. The first kappa shape index (κ1) is 23.6. The van der Waals surface area contributed by atoms with Crippen LogP contribution in [0.5, 0.6) is 0 Å². The van der Waals surface area contributed by atoms with Crippen molar-refractivity contribution in [2.75, 3.05) is 0 Å². The molecule has 1 atom stereocenters. The van der Waals surface area contributed by atoms with Gasteiger partial charge in [-0.15, -0.1) is 0 Å². The van der Waals surface area contributed by atoms with Gasteiger partial charge in [0.05, 0.1) is 17.5 Å². The fourth-order valence-corrected chi connectivity index (χ4v) is 4.86. The maximum atomic E-state index is 6.43. The predicted molar refractivity (Wildman–Crippen MR) is 138 cm³/mol. The third kappa shape index (κ3) is 6.73. The first-order chi connectivity index (χ1) is 14.7. The average molecular weight is 494 g/mol. The lowest BCUT2D eigenvalue weighted by Crippen LogP contribution is -2.35. The second-order valence-electron chi connectivity index (χ2n) is 9.05. The molecular formula is C27H31BrNOSi. The Bertz CT molecular complexity index is 969. The molecule has 161 valence electrons. The van der Waals surface area contributed by atoms with Gasteiger partial charge in [0.1, 0.15) is 0 Å². The van der Waals surface area contributed by atoms with E-state index in [2.05, 4.69) is 117 Å². The van der Waals surface area contributed by atoms with E-state index in [1.54, 1.807) is 0 Å². The van der Waals surface area contributed by atoms with E-state index >= 15 is 0 Å². The molecule has 0 aliphatic carbocycles. The third-order valence-corrected chi connectivity index (χ3v) is 6.37. The Morgan fingerprint density at radius 3 is 1.94 bits per heavy atom. The standard InChI is InChI=1S/C27H31BrNOSi/c1-27(2,3)25(30-31(4)5)19-22-18-23(28)16-17-24(22)29-26(20-12-8-6-9-13-20)21-14-10-7-11-15-21/h6-18,25H,19H2,1-5H3. The summed E-state index contributed by atoms with van der Waals surface area (Å²) in [6.07, 6.45) is 0.964. The summed E-state index contributed by atoms with van der Waals surface area (Å²) in [7, 11) is -0.813. The molecule has 0 aliphatic rings. The van der Waals surface area contributed by atoms with E-state index in [9.17, 15) is 0 Å². The van der Waals surface area contributed by atoms with Crippen LogP contribution in [0.15, 0.2) is 88.3 Å². The fourth-order valence-electron chi connectivity index (χ4n) is 3.44. The molecule has 4 heteroatoms. The van der Waals surface area contributed by atoms with Crippen LogP contribution in [0.2, 0.25) is 13.1 Å². The molecule has 0 aliphatic heterocycles. The van der Waals surface area contributed by atoms with Crippen LogP contribution in [0.1, 0.15) is 37.5 Å². The summed E-state index contributed by atoms with van der Waals surface area (Å²) in [4.78, 5) is 5.20. The summed E-state index contributed by atoms with van der Waals surface area (Å²) in [5.41, 5.74) is 5.44. The van der Waals surface area contributed by atoms with Gasteiger partial charge >= 0.3 is 0 Å². The summed E-state index contributed by atoms with van der Waals surface area (Å²) in [5, 5.41) is 0. The van der Waals surface area contributed by atoms with Crippen molar-refractivity contribution in [3.8, 4) is 0 Å². The van der Waals surface area contributed by atoms with Crippen LogP contribution < -0.4 is 0 Å². The SMILES string of the molecule is C[Si](C)OC(Cc1cc(Br)ccc1N=C(c1ccccc1)c1ccccc1)C(C)(C)C. The number of hydrogen-bond acceptors (Lipinski definition) is 2. The zero-order chi connectivity index (χ0) is 22.4. The van der Waals surface area contributed by atoms with E-state index in [0.29, 0.717) is 0 Å². The molecule has 1 unspecified atom stereocenters. The molecule has 0 saturated heterocycles. The zero-order valence-corrected chi connectivity index (χ0v) is 21.6. The van der Waals surface area contributed by atoms with Crippen molar-refractivity contribution in [2.24, 2.45) is 10.4 Å². The molecular weight excluding hydrogens is 462 g/mol. The Kier molecular flexibility index (Phi) is 8.04. The van der Waals surface area contributed by atoms with Crippen LogP contribution in [-0.2, 0) is 10.8 Å². The van der Waals surface area contributed by atoms with Gasteiger partial charge in [-0.3, -0.25) is 0 Å². The molecule has 0 bridgehead atoms. The van der Waals surface area contributed by atoms with Crippen LogP contribution in [0.4, 0.5) is 5.69 Å². The quantitative estimate of drug-likeness (QED) is 0.243. The minimum atomic E-state index is -0.813. The minimum Gasteiger partial charge on any atom is -0.413 e. The van der Waals surface area contributed by atoms with E-state index in [-0.39, 0.29) is 11.5 Å². The van der Waals surface area contributed by atoms with Crippen LogP contribution >= 0.6 is 15.9 Å². The molecule has 31 heavy (non-hydrogen) atoms. The van der Waals surface area contributed by atoms with Crippen LogP contribution in [0, 0.1) is 5.41 Å². The van der Waals surface area contributed by atoms with E-state index in [1.165, 1.54) is 5.56 Å². The summed E-state index contributed by atoms with van der Waals surface area (Å²) >= 11 is 3.66. The molecule has 2 nitrogen and oxygen atoms in total. The molecule has 0 saturated carbocycles. The maximum Gasteiger partial charge on any atom is 0.205 e. The Morgan fingerprint density at radius 1 is 0.903 bits per heavy atom. The maximum absolute atomic E-state index is 6.43. The predicted octanol–water partition coefficient (Wildman–Crippen LogP) is 7.84. The Labute approximate surface area is 197 Å². The molecule has 3 aromatic carbocycles. The Hall–Kier alpha value is -2.01. The number of halogens is 1. The molecule has 0 amide bonds. The van der Waals surface area contributed by atoms with Gasteiger partial charge in [-0.2, -0.15) is 0 Å². The lowest BCUT2D eigenvalue weighted by Gasteiger charge is -2.33. The molecule has 3 rings (SSSR count). The smallest absolute Gasteiger partial charge is 0.205 e. The van der Waals surface area contributed by atoms with Crippen LogP contribution in [0.3, 0.4) is 0 Å². The first-order valence-electron chi connectivity index (χ1n) is 10.7. The Balaban J connectivity index is 2.09. The van der Waals surface area contributed by atoms with Gasteiger partial charge in [-0.1, -0.05) is 97.4 Å².